The Kier molecular flexibility index (Phi) is 4.02. The number of hydrogen-bond acceptors (Lipinski definition) is 5. The summed E-state index contributed by atoms with van der Waals surface area (Å²) in [5, 5.41) is 8.84. The lowest BCUT2D eigenvalue weighted by Crippen LogP contribution is -2.11. The Labute approximate surface area is 138 Å². The summed E-state index contributed by atoms with van der Waals surface area (Å²) in [6.45, 7) is 1.74. The number of hydrogen-bond donors (Lipinski definition) is 1. The molecule has 0 saturated carbocycles. The second-order valence-corrected chi connectivity index (χ2v) is 6.43. The summed E-state index contributed by atoms with van der Waals surface area (Å²) in [5.74, 6) is 0.272. The second kappa shape index (κ2) is 5.94. The largest absolute Gasteiger partial charge is 0.361 e. The van der Waals surface area contributed by atoms with Gasteiger partial charge in [-0.25, -0.2) is 4.98 Å². The maximum absolute atomic E-state index is 11.9. The Hall–Kier alpha value is -1.74. The molecule has 0 aliphatic rings. The number of rotatable bonds is 3. The van der Waals surface area contributed by atoms with Crippen molar-refractivity contribution in [2.75, 3.05) is 5.32 Å². The first-order valence-electron chi connectivity index (χ1n) is 6.08. The molecule has 0 saturated heterocycles. The molecule has 0 spiro atoms. The zero-order valence-corrected chi connectivity index (χ0v) is 13.9. The Morgan fingerprint density at radius 2 is 2.10 bits per heavy atom. The van der Waals surface area contributed by atoms with Crippen LogP contribution in [0.3, 0.4) is 0 Å². The van der Waals surface area contributed by atoms with Gasteiger partial charge in [-0.3, -0.25) is 10.1 Å². The lowest BCUT2D eigenvalue weighted by molar-refractivity contribution is 0.101. The molecule has 1 aromatic carbocycles. The van der Waals surface area contributed by atoms with E-state index in [4.69, 9.17) is 4.52 Å². The lowest BCUT2D eigenvalue weighted by Gasteiger charge is -1.98. The fraction of sp³-hybridized carbons (Fsp3) is 0.0714. The molecule has 0 fully saturated rings. The zero-order chi connectivity index (χ0) is 14.8. The van der Waals surface area contributed by atoms with Crippen molar-refractivity contribution >= 4 is 45.0 Å². The predicted molar refractivity (Wildman–Crippen MR) is 89.5 cm³/mol. The summed E-state index contributed by atoms with van der Waals surface area (Å²) in [6, 6.07) is 9.63. The minimum atomic E-state index is -0.324. The first-order chi connectivity index (χ1) is 10.1. The van der Waals surface area contributed by atoms with Crippen LogP contribution < -0.4 is 5.32 Å². The molecule has 3 rings (SSSR count). The number of aryl methyl sites for hydroxylation is 1. The highest BCUT2D eigenvalue weighted by molar-refractivity contribution is 14.1. The van der Waals surface area contributed by atoms with Crippen LogP contribution in [0.4, 0.5) is 5.13 Å². The van der Waals surface area contributed by atoms with Gasteiger partial charge in [0, 0.05) is 20.6 Å². The van der Waals surface area contributed by atoms with Crippen molar-refractivity contribution in [2.45, 2.75) is 6.92 Å². The number of anilines is 1. The van der Waals surface area contributed by atoms with E-state index in [1.165, 1.54) is 14.9 Å². The zero-order valence-electron chi connectivity index (χ0n) is 11.0. The number of aromatic nitrogens is 2. The van der Waals surface area contributed by atoms with Crippen molar-refractivity contribution in [3.8, 4) is 11.3 Å². The van der Waals surface area contributed by atoms with Crippen LogP contribution in [0.15, 0.2) is 40.2 Å². The third-order valence-electron chi connectivity index (χ3n) is 2.73. The van der Waals surface area contributed by atoms with Crippen molar-refractivity contribution in [2.24, 2.45) is 0 Å². The molecule has 21 heavy (non-hydrogen) atoms. The lowest BCUT2D eigenvalue weighted by atomic mass is 10.2. The van der Waals surface area contributed by atoms with Gasteiger partial charge in [0.25, 0.3) is 5.91 Å². The fourth-order valence-corrected chi connectivity index (χ4v) is 2.79. The van der Waals surface area contributed by atoms with Gasteiger partial charge in [-0.1, -0.05) is 17.3 Å². The third-order valence-corrected chi connectivity index (χ3v) is 4.20. The van der Waals surface area contributed by atoms with Gasteiger partial charge in [-0.15, -0.1) is 11.3 Å². The number of carbonyl (C=O) groups excluding carboxylic acids is 1. The highest BCUT2D eigenvalue weighted by atomic mass is 127. The maximum atomic E-state index is 11.9. The predicted octanol–water partition coefficient (Wildman–Crippen LogP) is 3.96. The number of benzene rings is 1. The Balaban J connectivity index is 1.76. The molecule has 0 aliphatic heterocycles. The maximum Gasteiger partial charge on any atom is 0.279 e. The van der Waals surface area contributed by atoms with Crippen LogP contribution in [0.5, 0.6) is 0 Å². The van der Waals surface area contributed by atoms with E-state index < -0.39 is 0 Å². The molecule has 5 nitrogen and oxygen atoms in total. The van der Waals surface area contributed by atoms with E-state index in [2.05, 4.69) is 38.0 Å². The molecule has 0 radical (unpaired) electrons. The van der Waals surface area contributed by atoms with Gasteiger partial charge in [0.15, 0.2) is 10.8 Å². The highest BCUT2D eigenvalue weighted by Crippen LogP contribution is 2.25. The number of carbonyl (C=O) groups is 1. The number of halogens is 1. The Morgan fingerprint density at radius 1 is 1.33 bits per heavy atom. The summed E-state index contributed by atoms with van der Waals surface area (Å²) in [6.07, 6.45) is 0. The smallest absolute Gasteiger partial charge is 0.279 e. The minimum absolute atomic E-state index is 0.249. The number of nitrogens with one attached hydrogen (secondary N) is 1. The summed E-state index contributed by atoms with van der Waals surface area (Å²) >= 11 is 3.63. The molecule has 7 heteroatoms. The molecule has 0 atom stereocenters. The third kappa shape index (κ3) is 3.30. The summed E-state index contributed by atoms with van der Waals surface area (Å²) < 4.78 is 6.05. The molecule has 0 unspecified atom stereocenters. The van der Waals surface area contributed by atoms with Gasteiger partial charge >= 0.3 is 0 Å². The van der Waals surface area contributed by atoms with Crippen LogP contribution in [0.1, 0.15) is 16.2 Å². The average Bonchev–Trinajstić information content (AvgIpc) is 3.09. The molecule has 1 N–H and O–H groups in total. The molecule has 1 amide bonds. The monoisotopic (exact) mass is 411 g/mol. The van der Waals surface area contributed by atoms with E-state index >= 15 is 0 Å². The van der Waals surface area contributed by atoms with Gasteiger partial charge in [0.1, 0.15) is 5.76 Å². The minimum Gasteiger partial charge on any atom is -0.361 e. The van der Waals surface area contributed by atoms with Gasteiger partial charge in [0.05, 0.1) is 5.69 Å². The topological polar surface area (TPSA) is 68.0 Å². The number of amides is 1. The van der Waals surface area contributed by atoms with Crippen molar-refractivity contribution in [3.63, 3.8) is 0 Å². The van der Waals surface area contributed by atoms with Crippen molar-refractivity contribution in [3.05, 3.63) is 50.7 Å². The van der Waals surface area contributed by atoms with E-state index in [9.17, 15) is 4.79 Å². The first-order valence-corrected chi connectivity index (χ1v) is 8.04. The molecular formula is C14H10IN3O2S. The van der Waals surface area contributed by atoms with Gasteiger partial charge in [-0.05, 0) is 41.6 Å². The fourth-order valence-electron chi connectivity index (χ4n) is 1.72. The Bertz CT molecular complexity index is 780. The summed E-state index contributed by atoms with van der Waals surface area (Å²) in [7, 11) is 0. The molecule has 2 aromatic heterocycles. The molecule has 0 bridgehead atoms. The van der Waals surface area contributed by atoms with Crippen LogP contribution in [-0.2, 0) is 0 Å². The van der Waals surface area contributed by atoms with Crippen molar-refractivity contribution < 1.29 is 9.32 Å². The summed E-state index contributed by atoms with van der Waals surface area (Å²) in [5.41, 5.74) is 2.10. The van der Waals surface area contributed by atoms with Crippen LogP contribution in [-0.4, -0.2) is 16.0 Å². The normalized spacial score (nSPS) is 10.6. The first kappa shape index (κ1) is 14.2. The van der Waals surface area contributed by atoms with Crippen LogP contribution in [0.25, 0.3) is 11.3 Å². The molecular weight excluding hydrogens is 401 g/mol. The van der Waals surface area contributed by atoms with E-state index in [-0.39, 0.29) is 11.6 Å². The van der Waals surface area contributed by atoms with E-state index in [1.807, 2.05) is 29.6 Å². The van der Waals surface area contributed by atoms with Gasteiger partial charge in [-0.2, -0.15) is 0 Å². The molecule has 106 valence electrons. The van der Waals surface area contributed by atoms with Crippen molar-refractivity contribution in [1.82, 2.24) is 10.1 Å². The number of thiazole rings is 1. The number of nitrogens with zero attached hydrogens (tertiary/aromatic N) is 2. The quantitative estimate of drug-likeness (QED) is 0.663. The summed E-state index contributed by atoms with van der Waals surface area (Å²) in [4.78, 5) is 16.4. The van der Waals surface area contributed by atoms with Gasteiger partial charge < -0.3 is 4.52 Å². The highest BCUT2D eigenvalue weighted by Gasteiger charge is 2.13. The van der Waals surface area contributed by atoms with E-state index in [1.54, 1.807) is 13.0 Å². The van der Waals surface area contributed by atoms with Crippen molar-refractivity contribution in [1.29, 1.82) is 0 Å². The SMILES string of the molecule is Cc1cc(C(=O)Nc2nc(-c3ccc(I)cc3)cs2)no1. The average molecular weight is 411 g/mol. The van der Waals surface area contributed by atoms with Crippen LogP contribution in [0.2, 0.25) is 0 Å². The van der Waals surface area contributed by atoms with Crippen LogP contribution in [0, 0.1) is 10.5 Å². The molecule has 2 heterocycles. The van der Waals surface area contributed by atoms with Gasteiger partial charge in [0.2, 0.25) is 0 Å². The van der Waals surface area contributed by atoms with E-state index in [0.717, 1.165) is 11.3 Å². The van der Waals surface area contributed by atoms with Crippen LogP contribution >= 0.6 is 33.9 Å². The molecule has 3 aromatic rings. The Morgan fingerprint density at radius 3 is 2.76 bits per heavy atom. The molecule has 0 aliphatic carbocycles. The second-order valence-electron chi connectivity index (χ2n) is 4.32. The standard InChI is InChI=1S/C14H10IN3O2S/c1-8-6-11(18-20-8)13(19)17-14-16-12(7-21-14)9-2-4-10(15)5-3-9/h2-7H,1H3,(H,16,17,19). The van der Waals surface area contributed by atoms with E-state index in [0.29, 0.717) is 10.9 Å².